The van der Waals surface area contributed by atoms with Gasteiger partial charge in [-0.25, -0.2) is 14.3 Å². The monoisotopic (exact) mass is 285 g/mol. The largest absolute Gasteiger partial charge is 0.288 e. The van der Waals surface area contributed by atoms with E-state index in [0.29, 0.717) is 6.07 Å². The molecule has 0 fully saturated rings. The highest BCUT2D eigenvalue weighted by Gasteiger charge is 2.19. The molecule has 0 aliphatic heterocycles. The molecule has 0 heterocycles. The fourth-order valence-electron chi connectivity index (χ4n) is 0.798. The molecule has 0 bridgehead atoms. The Morgan fingerprint density at radius 2 is 2.14 bits per heavy atom. The van der Waals surface area contributed by atoms with E-state index in [0.717, 1.165) is 0 Å². The van der Waals surface area contributed by atoms with Crippen LogP contribution in [0.15, 0.2) is 10.5 Å². The molecule has 0 unspecified atom stereocenters. The molecular formula is C7H3BrClF2NO2. The van der Waals surface area contributed by atoms with Crippen LogP contribution in [0.3, 0.4) is 0 Å². The minimum absolute atomic E-state index is 0.272. The van der Waals surface area contributed by atoms with Gasteiger partial charge in [0.2, 0.25) is 0 Å². The van der Waals surface area contributed by atoms with Crippen molar-refractivity contribution < 1.29 is 18.8 Å². The summed E-state index contributed by atoms with van der Waals surface area (Å²) in [7, 11) is 0. The Balaban J connectivity index is 3.40. The summed E-state index contributed by atoms with van der Waals surface area (Å²) in [5, 5.41) is 7.67. The first-order chi connectivity index (χ1) is 6.49. The number of rotatable bonds is 1. The molecule has 7 heteroatoms. The molecule has 0 aromatic heterocycles. The summed E-state index contributed by atoms with van der Waals surface area (Å²) < 4.78 is 25.9. The Bertz CT molecular complexity index is 400. The van der Waals surface area contributed by atoms with Crippen molar-refractivity contribution in [3.8, 4) is 0 Å². The van der Waals surface area contributed by atoms with E-state index in [1.54, 1.807) is 0 Å². The Kier molecular flexibility index (Phi) is 3.41. The topological polar surface area (TPSA) is 49.3 Å². The summed E-state index contributed by atoms with van der Waals surface area (Å²) in [5.41, 5.74) is 0.508. The van der Waals surface area contributed by atoms with Crippen LogP contribution < -0.4 is 5.48 Å². The van der Waals surface area contributed by atoms with E-state index in [1.165, 1.54) is 5.48 Å². The van der Waals surface area contributed by atoms with Crippen LogP contribution in [-0.2, 0) is 0 Å². The number of carbonyl (C=O) groups excluding carboxylic acids is 1. The van der Waals surface area contributed by atoms with Crippen molar-refractivity contribution in [1.82, 2.24) is 5.48 Å². The van der Waals surface area contributed by atoms with Gasteiger partial charge in [-0.1, -0.05) is 11.6 Å². The van der Waals surface area contributed by atoms with E-state index < -0.39 is 28.1 Å². The third-order valence-corrected chi connectivity index (χ3v) is 2.81. The summed E-state index contributed by atoms with van der Waals surface area (Å²) in [6.45, 7) is 0. The van der Waals surface area contributed by atoms with Crippen molar-refractivity contribution in [3.63, 3.8) is 0 Å². The van der Waals surface area contributed by atoms with E-state index in [4.69, 9.17) is 16.8 Å². The highest BCUT2D eigenvalue weighted by Crippen LogP contribution is 2.30. The average Bonchev–Trinajstić information content (AvgIpc) is 2.19. The number of amides is 1. The van der Waals surface area contributed by atoms with Crippen LogP contribution >= 0.6 is 27.5 Å². The molecule has 1 amide bonds. The maximum Gasteiger partial charge on any atom is 0.277 e. The smallest absolute Gasteiger partial charge is 0.277 e. The molecule has 0 aliphatic carbocycles. The predicted octanol–water partition coefficient (Wildman–Crippen LogP) is 2.50. The van der Waals surface area contributed by atoms with Crippen LogP contribution in [-0.4, -0.2) is 11.1 Å². The van der Waals surface area contributed by atoms with Crippen molar-refractivity contribution in [2.24, 2.45) is 0 Å². The number of halogens is 4. The third kappa shape index (κ3) is 1.87. The number of nitrogens with one attached hydrogen (secondary N) is 1. The number of carbonyl (C=O) groups is 1. The van der Waals surface area contributed by atoms with E-state index in [1.807, 2.05) is 0 Å². The maximum absolute atomic E-state index is 13.2. The van der Waals surface area contributed by atoms with Crippen LogP contribution in [0.2, 0.25) is 5.02 Å². The summed E-state index contributed by atoms with van der Waals surface area (Å²) in [5.74, 6) is -3.17. The molecule has 0 radical (unpaired) electrons. The second-order valence-electron chi connectivity index (χ2n) is 2.29. The van der Waals surface area contributed by atoms with E-state index in [2.05, 4.69) is 15.9 Å². The summed E-state index contributed by atoms with van der Waals surface area (Å²) in [4.78, 5) is 10.8. The summed E-state index contributed by atoms with van der Waals surface area (Å²) in [6, 6.07) is 0.622. The molecule has 0 saturated heterocycles. The highest BCUT2D eigenvalue weighted by molar-refractivity contribution is 9.10. The van der Waals surface area contributed by atoms with Gasteiger partial charge in [-0.2, -0.15) is 0 Å². The van der Waals surface area contributed by atoms with Gasteiger partial charge in [-0.15, -0.1) is 0 Å². The second-order valence-corrected chi connectivity index (χ2v) is 3.46. The van der Waals surface area contributed by atoms with Gasteiger partial charge in [0.05, 0.1) is 15.1 Å². The predicted molar refractivity (Wildman–Crippen MR) is 48.3 cm³/mol. The second kappa shape index (κ2) is 4.20. The minimum atomic E-state index is -1.17. The van der Waals surface area contributed by atoms with Crippen LogP contribution in [0.5, 0.6) is 0 Å². The molecule has 2 N–H and O–H groups in total. The van der Waals surface area contributed by atoms with Crippen molar-refractivity contribution in [1.29, 1.82) is 0 Å². The number of benzene rings is 1. The zero-order chi connectivity index (χ0) is 10.9. The number of hydrogen-bond acceptors (Lipinski definition) is 2. The van der Waals surface area contributed by atoms with Crippen LogP contribution in [0.25, 0.3) is 0 Å². The Hall–Kier alpha value is -0.720. The van der Waals surface area contributed by atoms with E-state index in [9.17, 15) is 13.6 Å². The van der Waals surface area contributed by atoms with Gasteiger partial charge < -0.3 is 0 Å². The van der Waals surface area contributed by atoms with Crippen molar-refractivity contribution in [3.05, 3.63) is 32.8 Å². The third-order valence-electron chi connectivity index (χ3n) is 1.45. The molecule has 3 nitrogen and oxygen atoms in total. The zero-order valence-corrected chi connectivity index (χ0v) is 8.79. The van der Waals surface area contributed by atoms with Crippen LogP contribution in [0, 0.1) is 11.6 Å². The summed E-state index contributed by atoms with van der Waals surface area (Å²) >= 11 is 8.06. The van der Waals surface area contributed by atoms with Gasteiger partial charge in [0.1, 0.15) is 5.82 Å². The lowest BCUT2D eigenvalue weighted by Crippen LogP contribution is -2.20. The van der Waals surface area contributed by atoms with Gasteiger partial charge in [0, 0.05) is 0 Å². The Morgan fingerprint density at radius 3 is 2.64 bits per heavy atom. The first-order valence-electron chi connectivity index (χ1n) is 3.26. The normalized spacial score (nSPS) is 10.1. The number of hydrogen-bond donors (Lipinski definition) is 2. The molecule has 1 rings (SSSR count). The molecule has 1 aromatic rings. The van der Waals surface area contributed by atoms with E-state index >= 15 is 0 Å². The van der Waals surface area contributed by atoms with Gasteiger partial charge in [-0.05, 0) is 22.0 Å². The van der Waals surface area contributed by atoms with Crippen molar-refractivity contribution in [2.75, 3.05) is 0 Å². The van der Waals surface area contributed by atoms with Crippen LogP contribution in [0.1, 0.15) is 10.4 Å². The highest BCUT2D eigenvalue weighted by atomic mass is 79.9. The van der Waals surface area contributed by atoms with Gasteiger partial charge in [0.15, 0.2) is 5.82 Å². The van der Waals surface area contributed by atoms with Gasteiger partial charge in [-0.3, -0.25) is 10.0 Å². The quantitative estimate of drug-likeness (QED) is 0.361. The molecule has 1 aromatic carbocycles. The average molecular weight is 286 g/mol. The first-order valence-corrected chi connectivity index (χ1v) is 4.43. The van der Waals surface area contributed by atoms with E-state index in [-0.39, 0.29) is 4.47 Å². The lowest BCUT2D eigenvalue weighted by Gasteiger charge is -2.05. The minimum Gasteiger partial charge on any atom is -0.288 e. The fourth-order valence-corrected chi connectivity index (χ4v) is 1.28. The zero-order valence-electron chi connectivity index (χ0n) is 6.44. The maximum atomic E-state index is 13.2. The van der Waals surface area contributed by atoms with Gasteiger partial charge in [0.25, 0.3) is 5.91 Å². The van der Waals surface area contributed by atoms with Gasteiger partial charge >= 0.3 is 0 Å². The SMILES string of the molecule is O=C(NO)c1cc(F)c(Br)c(Cl)c1F. The van der Waals surface area contributed by atoms with Crippen LogP contribution in [0.4, 0.5) is 8.78 Å². The molecule has 76 valence electrons. The van der Waals surface area contributed by atoms with Crippen molar-refractivity contribution in [2.45, 2.75) is 0 Å². The first kappa shape index (κ1) is 11.4. The molecular weight excluding hydrogens is 283 g/mol. The molecule has 0 atom stereocenters. The summed E-state index contributed by atoms with van der Waals surface area (Å²) in [6.07, 6.45) is 0. The molecule has 0 spiro atoms. The molecule has 0 aliphatic rings. The Morgan fingerprint density at radius 1 is 1.57 bits per heavy atom. The fraction of sp³-hybridized carbons (Fsp3) is 0. The lowest BCUT2D eigenvalue weighted by atomic mass is 10.2. The standard InChI is InChI=1S/C7H3BrClF2NO2/c8-4-3(10)1-2(7(13)12-14)6(11)5(4)9/h1,14H,(H,12,13). The van der Waals surface area contributed by atoms with Crippen molar-refractivity contribution >= 4 is 33.4 Å². The molecule has 14 heavy (non-hydrogen) atoms. The molecule has 0 saturated carbocycles. The lowest BCUT2D eigenvalue weighted by molar-refractivity contribution is 0.0701. The number of hydroxylamine groups is 1. The Labute approximate surface area is 90.8 Å².